The van der Waals surface area contributed by atoms with Crippen LogP contribution in [0.1, 0.15) is 0 Å². The van der Waals surface area contributed by atoms with Crippen molar-refractivity contribution in [3.63, 3.8) is 0 Å². The van der Waals surface area contributed by atoms with Gasteiger partial charge < -0.3 is 4.57 Å². The minimum Gasteiger partial charge on any atom is -0.309 e. The lowest BCUT2D eigenvalue weighted by atomic mass is 9.95. The molecule has 1 nitrogen and oxygen atoms in total. The molecule has 1 heterocycles. The third-order valence-corrected chi connectivity index (χ3v) is 8.70. The fourth-order valence-corrected chi connectivity index (χ4v) is 6.74. The van der Waals surface area contributed by atoms with Crippen LogP contribution in [0.15, 0.2) is 162 Å². The first-order valence-electron chi connectivity index (χ1n) is 14.2. The van der Waals surface area contributed by atoms with Gasteiger partial charge in [0.25, 0.3) is 0 Å². The maximum atomic E-state index is 3.81. The Labute approximate surface area is 253 Å². The number of rotatable bonds is 4. The van der Waals surface area contributed by atoms with Crippen LogP contribution < -0.4 is 0 Å². The molecule has 0 N–H and O–H groups in total. The van der Waals surface area contributed by atoms with Gasteiger partial charge >= 0.3 is 0 Å². The van der Waals surface area contributed by atoms with Crippen LogP contribution in [0.3, 0.4) is 0 Å². The van der Waals surface area contributed by atoms with Crippen molar-refractivity contribution in [2.45, 2.75) is 0 Å². The molecular weight excluding hydrogens is 574 g/mol. The number of hydrogen-bond acceptors (Lipinski definition) is 0. The highest BCUT2D eigenvalue weighted by atomic mass is 79.9. The van der Waals surface area contributed by atoms with Crippen molar-refractivity contribution in [1.29, 1.82) is 0 Å². The molecule has 0 bridgehead atoms. The van der Waals surface area contributed by atoms with Crippen molar-refractivity contribution >= 4 is 48.5 Å². The van der Waals surface area contributed by atoms with E-state index in [4.69, 9.17) is 0 Å². The number of fused-ring (bicyclic) bond motifs is 4. The van der Waals surface area contributed by atoms with Crippen LogP contribution in [0, 0.1) is 0 Å². The largest absolute Gasteiger partial charge is 0.309 e. The molecule has 0 aliphatic rings. The second-order valence-corrected chi connectivity index (χ2v) is 11.7. The summed E-state index contributed by atoms with van der Waals surface area (Å²) < 4.78 is 3.44. The molecule has 0 aliphatic carbocycles. The minimum absolute atomic E-state index is 1.07. The highest BCUT2D eigenvalue weighted by Gasteiger charge is 2.14. The number of hydrogen-bond donors (Lipinski definition) is 0. The molecule has 198 valence electrons. The van der Waals surface area contributed by atoms with Crippen molar-refractivity contribution < 1.29 is 0 Å². The van der Waals surface area contributed by atoms with E-state index < -0.39 is 0 Å². The average molecular weight is 601 g/mol. The molecular formula is C40H26BrN. The van der Waals surface area contributed by atoms with E-state index in [1.165, 1.54) is 71.6 Å². The fourth-order valence-electron chi connectivity index (χ4n) is 6.25. The van der Waals surface area contributed by atoms with Crippen molar-refractivity contribution in [3.8, 4) is 39.1 Å². The third kappa shape index (κ3) is 4.24. The van der Waals surface area contributed by atoms with Gasteiger partial charge in [0.1, 0.15) is 0 Å². The van der Waals surface area contributed by atoms with Gasteiger partial charge in [-0.15, -0.1) is 0 Å². The molecule has 42 heavy (non-hydrogen) atoms. The molecule has 0 saturated heterocycles. The molecule has 0 radical (unpaired) electrons. The van der Waals surface area contributed by atoms with Crippen LogP contribution in [0.5, 0.6) is 0 Å². The highest BCUT2D eigenvalue weighted by molar-refractivity contribution is 9.10. The van der Waals surface area contributed by atoms with Gasteiger partial charge in [-0.3, -0.25) is 0 Å². The minimum atomic E-state index is 1.07. The van der Waals surface area contributed by atoms with Crippen LogP contribution in [0.2, 0.25) is 0 Å². The molecule has 8 rings (SSSR count). The Balaban J connectivity index is 1.22. The number of benzene rings is 7. The highest BCUT2D eigenvalue weighted by Crippen LogP contribution is 2.37. The monoisotopic (exact) mass is 599 g/mol. The zero-order valence-corrected chi connectivity index (χ0v) is 24.4. The maximum absolute atomic E-state index is 3.81. The van der Waals surface area contributed by atoms with Gasteiger partial charge in [0.2, 0.25) is 0 Å². The van der Waals surface area contributed by atoms with E-state index in [-0.39, 0.29) is 0 Å². The number of halogens is 1. The standard InChI is InChI=1S/C40H26BrN/c41-33-24-31(27-17-19-29(20-18-27)36-15-8-10-28-9-4-5-13-35(28)36)23-32(25-33)30-21-22-38-37-14-6-7-16-39(37)42(40(38)26-30)34-11-2-1-3-12-34/h1-26H. The first kappa shape index (κ1) is 24.8. The summed E-state index contributed by atoms with van der Waals surface area (Å²) in [5, 5.41) is 5.07. The summed E-state index contributed by atoms with van der Waals surface area (Å²) in [6.07, 6.45) is 0. The molecule has 2 heteroatoms. The van der Waals surface area contributed by atoms with E-state index >= 15 is 0 Å². The lowest BCUT2D eigenvalue weighted by Crippen LogP contribution is -1.93. The summed E-state index contributed by atoms with van der Waals surface area (Å²) in [5.41, 5.74) is 10.8. The lowest BCUT2D eigenvalue weighted by Gasteiger charge is -2.11. The zero-order valence-electron chi connectivity index (χ0n) is 22.8. The Morgan fingerprint density at radius 3 is 1.83 bits per heavy atom. The molecule has 0 atom stereocenters. The normalized spacial score (nSPS) is 11.5. The summed E-state index contributed by atoms with van der Waals surface area (Å²) in [6.45, 7) is 0. The molecule has 8 aromatic rings. The fraction of sp³-hybridized carbons (Fsp3) is 0. The van der Waals surface area contributed by atoms with E-state index in [2.05, 4.69) is 178 Å². The second-order valence-electron chi connectivity index (χ2n) is 10.8. The Morgan fingerprint density at radius 1 is 0.381 bits per heavy atom. The third-order valence-electron chi connectivity index (χ3n) is 8.24. The molecule has 0 unspecified atom stereocenters. The van der Waals surface area contributed by atoms with E-state index in [1.807, 2.05) is 0 Å². The van der Waals surface area contributed by atoms with E-state index in [0.29, 0.717) is 0 Å². The predicted octanol–water partition coefficient (Wildman–Crippen LogP) is 11.7. The van der Waals surface area contributed by atoms with Gasteiger partial charge in [0.05, 0.1) is 11.0 Å². The molecule has 0 fully saturated rings. The first-order chi connectivity index (χ1) is 20.7. The Hall–Kier alpha value is -4.92. The first-order valence-corrected chi connectivity index (χ1v) is 15.0. The van der Waals surface area contributed by atoms with Crippen molar-refractivity contribution in [1.82, 2.24) is 4.57 Å². The number of nitrogens with zero attached hydrogens (tertiary/aromatic N) is 1. The van der Waals surface area contributed by atoms with Crippen LogP contribution in [0.25, 0.3) is 71.6 Å². The zero-order chi connectivity index (χ0) is 28.0. The molecule has 7 aromatic carbocycles. The SMILES string of the molecule is Brc1cc(-c2ccc(-c3cccc4ccccc34)cc2)cc(-c2ccc3c4ccccc4n(-c4ccccc4)c3c2)c1. The Bertz CT molecular complexity index is 2240. The van der Waals surface area contributed by atoms with Crippen LogP contribution in [-0.2, 0) is 0 Å². The topological polar surface area (TPSA) is 4.93 Å². The number of para-hydroxylation sites is 2. The summed E-state index contributed by atoms with van der Waals surface area (Å²) in [5.74, 6) is 0. The second kappa shape index (κ2) is 10.2. The van der Waals surface area contributed by atoms with Crippen LogP contribution >= 0.6 is 15.9 Å². The average Bonchev–Trinajstić information content (AvgIpc) is 3.38. The van der Waals surface area contributed by atoms with E-state index in [9.17, 15) is 0 Å². The van der Waals surface area contributed by atoms with Gasteiger partial charge in [-0.25, -0.2) is 0 Å². The van der Waals surface area contributed by atoms with Gasteiger partial charge in [-0.2, -0.15) is 0 Å². The smallest absolute Gasteiger partial charge is 0.0547 e. The van der Waals surface area contributed by atoms with Gasteiger partial charge in [-0.1, -0.05) is 131 Å². The van der Waals surface area contributed by atoms with Crippen LogP contribution in [-0.4, -0.2) is 4.57 Å². The summed E-state index contributed by atoms with van der Waals surface area (Å²) in [6, 6.07) is 56.9. The van der Waals surface area contributed by atoms with Gasteiger partial charge in [0.15, 0.2) is 0 Å². The van der Waals surface area contributed by atoms with E-state index in [1.54, 1.807) is 0 Å². The van der Waals surface area contributed by atoms with Crippen LogP contribution in [0.4, 0.5) is 0 Å². The summed E-state index contributed by atoms with van der Waals surface area (Å²) in [7, 11) is 0. The molecule has 0 saturated carbocycles. The maximum Gasteiger partial charge on any atom is 0.0547 e. The molecule has 1 aromatic heterocycles. The predicted molar refractivity (Wildman–Crippen MR) is 182 cm³/mol. The van der Waals surface area contributed by atoms with Gasteiger partial charge in [0, 0.05) is 20.9 Å². The summed E-state index contributed by atoms with van der Waals surface area (Å²) in [4.78, 5) is 0. The molecule has 0 spiro atoms. The quantitative estimate of drug-likeness (QED) is 0.189. The Kier molecular flexibility index (Phi) is 6.01. The van der Waals surface area contributed by atoms with Crippen molar-refractivity contribution in [3.05, 3.63) is 162 Å². The Morgan fingerprint density at radius 2 is 1.00 bits per heavy atom. The molecule has 0 amide bonds. The molecule has 0 aliphatic heterocycles. The van der Waals surface area contributed by atoms with Crippen molar-refractivity contribution in [2.75, 3.05) is 0 Å². The number of aromatic nitrogens is 1. The summed E-state index contributed by atoms with van der Waals surface area (Å²) >= 11 is 3.81. The van der Waals surface area contributed by atoms with E-state index in [0.717, 1.165) is 4.47 Å². The van der Waals surface area contributed by atoms with Crippen molar-refractivity contribution in [2.24, 2.45) is 0 Å². The van der Waals surface area contributed by atoms with Gasteiger partial charge in [-0.05, 0) is 86.6 Å². The lowest BCUT2D eigenvalue weighted by molar-refractivity contribution is 1.18.